The van der Waals surface area contributed by atoms with Crippen molar-refractivity contribution in [3.63, 3.8) is 0 Å². The molecule has 0 aliphatic rings. The van der Waals surface area contributed by atoms with Crippen molar-refractivity contribution in [2.45, 2.75) is 26.4 Å². The lowest BCUT2D eigenvalue weighted by atomic mass is 9.90. The van der Waals surface area contributed by atoms with Gasteiger partial charge in [0.25, 0.3) is 0 Å². The molecule has 0 fully saturated rings. The van der Waals surface area contributed by atoms with Crippen molar-refractivity contribution < 1.29 is 14.3 Å². The Balaban J connectivity index is 3.37. The third-order valence-electron chi connectivity index (χ3n) is 2.73. The largest absolute Gasteiger partial charge is 0.479 e. The van der Waals surface area contributed by atoms with Gasteiger partial charge in [-0.2, -0.15) is 0 Å². The van der Waals surface area contributed by atoms with Gasteiger partial charge in [-0.05, 0) is 37.5 Å². The molecule has 0 bridgehead atoms. The average molecular weight is 221 g/mol. The van der Waals surface area contributed by atoms with Crippen molar-refractivity contribution >= 4 is 16.5 Å². The lowest BCUT2D eigenvalue weighted by Crippen LogP contribution is -2.35. The number of hydrogen-bond donors (Lipinski definition) is 1. The van der Waals surface area contributed by atoms with Crippen LogP contribution in [0.3, 0.4) is 0 Å². The van der Waals surface area contributed by atoms with Crippen LogP contribution in [-0.2, 0) is 14.8 Å². The van der Waals surface area contributed by atoms with E-state index in [-0.39, 0.29) is 0 Å². The van der Waals surface area contributed by atoms with Gasteiger partial charge in [0.05, 0.1) is 0 Å². The summed E-state index contributed by atoms with van der Waals surface area (Å²) in [4.78, 5) is 11.2. The first-order valence-corrected chi connectivity index (χ1v) is 4.99. The summed E-state index contributed by atoms with van der Waals surface area (Å²) in [5, 5.41) is 9.15. The monoisotopic (exact) mass is 221 g/mol. The highest BCUT2D eigenvalue weighted by Crippen LogP contribution is 2.28. The van der Waals surface area contributed by atoms with E-state index in [2.05, 4.69) is 10.5 Å². The minimum Gasteiger partial charge on any atom is -0.479 e. The van der Waals surface area contributed by atoms with Crippen LogP contribution < -0.4 is 0 Å². The number of aryl methyl sites for hydroxylation is 1. The third-order valence-corrected chi connectivity index (χ3v) is 3.14. The van der Waals surface area contributed by atoms with Crippen LogP contribution in [0.1, 0.15) is 23.6 Å². The maximum Gasteiger partial charge on any atom is 0.339 e. The SMILES string of the molecule is Cc1cccc([C@](C)(O[Si])C(=O)O)c1C. The van der Waals surface area contributed by atoms with Gasteiger partial charge in [0.2, 0.25) is 10.5 Å². The van der Waals surface area contributed by atoms with E-state index in [4.69, 9.17) is 9.53 Å². The molecule has 0 aliphatic carbocycles. The number of carboxylic acid groups (broad SMARTS) is 1. The quantitative estimate of drug-likeness (QED) is 0.790. The Morgan fingerprint density at radius 1 is 1.47 bits per heavy atom. The second kappa shape index (κ2) is 4.16. The Hall–Kier alpha value is -1.13. The molecule has 15 heavy (non-hydrogen) atoms. The van der Waals surface area contributed by atoms with Gasteiger partial charge < -0.3 is 9.53 Å². The molecule has 79 valence electrons. The normalized spacial score (nSPS) is 14.7. The molecule has 0 saturated heterocycles. The van der Waals surface area contributed by atoms with E-state index in [0.29, 0.717) is 5.56 Å². The predicted octanol–water partition coefficient (Wildman–Crippen LogP) is 1.70. The number of aliphatic carboxylic acids is 1. The Morgan fingerprint density at radius 3 is 2.53 bits per heavy atom. The van der Waals surface area contributed by atoms with Crippen LogP contribution >= 0.6 is 0 Å². The van der Waals surface area contributed by atoms with Crippen molar-refractivity contribution in [3.8, 4) is 0 Å². The summed E-state index contributed by atoms with van der Waals surface area (Å²) >= 11 is 0. The molecule has 1 rings (SSSR count). The minimum absolute atomic E-state index is 0.657. The lowest BCUT2D eigenvalue weighted by molar-refractivity contribution is -0.154. The first-order valence-electron chi connectivity index (χ1n) is 4.58. The van der Waals surface area contributed by atoms with E-state index in [1.54, 1.807) is 6.07 Å². The van der Waals surface area contributed by atoms with Crippen molar-refractivity contribution in [1.29, 1.82) is 0 Å². The second-order valence-corrected chi connectivity index (χ2v) is 3.89. The molecular weight excluding hydrogens is 208 g/mol. The summed E-state index contributed by atoms with van der Waals surface area (Å²) in [5.41, 5.74) is 1.28. The summed E-state index contributed by atoms with van der Waals surface area (Å²) in [6.45, 7) is 5.34. The van der Waals surface area contributed by atoms with E-state index in [1.165, 1.54) is 6.92 Å². The fraction of sp³-hybridized carbons (Fsp3) is 0.364. The van der Waals surface area contributed by atoms with Crippen molar-refractivity contribution in [2.75, 3.05) is 0 Å². The van der Waals surface area contributed by atoms with Crippen LogP contribution in [-0.4, -0.2) is 21.6 Å². The molecule has 3 nitrogen and oxygen atoms in total. The zero-order valence-electron chi connectivity index (χ0n) is 9.00. The molecule has 0 heterocycles. The van der Waals surface area contributed by atoms with Crippen LogP contribution in [0, 0.1) is 13.8 Å². The molecule has 0 saturated carbocycles. The molecule has 1 aromatic rings. The van der Waals surface area contributed by atoms with Gasteiger partial charge in [0.1, 0.15) is 0 Å². The fourth-order valence-corrected chi connectivity index (χ4v) is 1.68. The molecule has 1 aromatic carbocycles. The van der Waals surface area contributed by atoms with Gasteiger partial charge in [0.15, 0.2) is 5.60 Å². The van der Waals surface area contributed by atoms with Crippen molar-refractivity contribution in [3.05, 3.63) is 34.9 Å². The standard InChI is InChI=1S/C11H13O3Si/c1-7-5-4-6-9(8(7)2)11(3,14-15)10(12)13/h4-6H,1-3H3,(H,12,13)/t11-/m0/s1. The van der Waals surface area contributed by atoms with Gasteiger partial charge >= 0.3 is 5.97 Å². The zero-order valence-corrected chi connectivity index (χ0v) is 10.00. The van der Waals surface area contributed by atoms with Gasteiger partial charge in [-0.3, -0.25) is 0 Å². The highest BCUT2D eigenvalue weighted by molar-refractivity contribution is 6.00. The molecule has 0 aliphatic heterocycles. The van der Waals surface area contributed by atoms with Gasteiger partial charge in [-0.1, -0.05) is 18.2 Å². The van der Waals surface area contributed by atoms with Gasteiger partial charge in [0, 0.05) is 0 Å². The van der Waals surface area contributed by atoms with Gasteiger partial charge in [-0.25, -0.2) is 4.79 Å². The van der Waals surface area contributed by atoms with E-state index < -0.39 is 11.6 Å². The lowest BCUT2D eigenvalue weighted by Gasteiger charge is -2.26. The van der Waals surface area contributed by atoms with Gasteiger partial charge in [-0.15, -0.1) is 0 Å². The van der Waals surface area contributed by atoms with Crippen LogP contribution in [0.15, 0.2) is 18.2 Å². The molecular formula is C11H13O3Si. The van der Waals surface area contributed by atoms with E-state index >= 15 is 0 Å². The smallest absolute Gasteiger partial charge is 0.339 e. The van der Waals surface area contributed by atoms with Crippen molar-refractivity contribution in [2.24, 2.45) is 0 Å². The van der Waals surface area contributed by atoms with Crippen LogP contribution in [0.2, 0.25) is 0 Å². The zero-order chi connectivity index (χ0) is 11.6. The first kappa shape index (κ1) is 11.9. The summed E-state index contributed by atoms with van der Waals surface area (Å²) < 4.78 is 4.93. The molecule has 4 heteroatoms. The summed E-state index contributed by atoms with van der Waals surface area (Å²) in [7, 11) is 2.84. The van der Waals surface area contributed by atoms with Crippen LogP contribution in [0.25, 0.3) is 0 Å². The minimum atomic E-state index is -1.35. The van der Waals surface area contributed by atoms with Crippen LogP contribution in [0.5, 0.6) is 0 Å². The maximum absolute atomic E-state index is 11.2. The molecule has 0 amide bonds. The molecule has 1 atom stereocenters. The highest BCUT2D eigenvalue weighted by Gasteiger charge is 2.36. The van der Waals surface area contributed by atoms with E-state index in [0.717, 1.165) is 11.1 Å². The van der Waals surface area contributed by atoms with Crippen molar-refractivity contribution in [1.82, 2.24) is 0 Å². The number of carbonyl (C=O) groups is 1. The average Bonchev–Trinajstić information content (AvgIpc) is 2.20. The second-order valence-electron chi connectivity index (χ2n) is 3.69. The summed E-state index contributed by atoms with van der Waals surface area (Å²) in [6, 6.07) is 5.52. The van der Waals surface area contributed by atoms with Crippen LogP contribution in [0.4, 0.5) is 0 Å². The Morgan fingerprint density at radius 2 is 2.07 bits per heavy atom. The van der Waals surface area contributed by atoms with E-state index in [1.807, 2.05) is 26.0 Å². The summed E-state index contributed by atoms with van der Waals surface area (Å²) in [6.07, 6.45) is 0. The number of rotatable bonds is 3. The van der Waals surface area contributed by atoms with E-state index in [9.17, 15) is 4.79 Å². The highest BCUT2D eigenvalue weighted by atomic mass is 28.2. The number of hydrogen-bond acceptors (Lipinski definition) is 2. The molecule has 0 spiro atoms. The third kappa shape index (κ3) is 1.96. The Labute approximate surface area is 92.6 Å². The number of benzene rings is 1. The number of carboxylic acids is 1. The fourth-order valence-electron chi connectivity index (χ4n) is 1.48. The molecule has 0 aromatic heterocycles. The first-order chi connectivity index (χ1) is 6.93. The topological polar surface area (TPSA) is 46.5 Å². The molecule has 1 N–H and O–H groups in total. The predicted molar refractivity (Wildman–Crippen MR) is 57.7 cm³/mol. The molecule has 0 unspecified atom stereocenters. The summed E-state index contributed by atoms with van der Waals surface area (Å²) in [5.74, 6) is -1.02. The Kier molecular flexibility index (Phi) is 3.31. The maximum atomic E-state index is 11.2. The Bertz CT molecular complexity index is 389. The molecule has 3 radical (unpaired) electrons.